The maximum atomic E-state index is 13.5. The Morgan fingerprint density at radius 1 is 1.12 bits per heavy atom. The van der Waals surface area contributed by atoms with E-state index in [2.05, 4.69) is 4.99 Å². The van der Waals surface area contributed by atoms with Crippen LogP contribution in [-0.2, 0) is 0 Å². The van der Waals surface area contributed by atoms with E-state index < -0.39 is 5.82 Å². The molecule has 0 spiro atoms. The van der Waals surface area contributed by atoms with Crippen LogP contribution in [0.5, 0.6) is 0 Å². The third kappa shape index (κ3) is 2.82. The molecule has 0 radical (unpaired) electrons. The van der Waals surface area contributed by atoms with Crippen molar-refractivity contribution >= 4 is 23.1 Å². The zero-order valence-electron chi connectivity index (χ0n) is 8.90. The molecule has 0 saturated carbocycles. The van der Waals surface area contributed by atoms with Gasteiger partial charge >= 0.3 is 0 Å². The number of amidine groups is 1. The molecule has 0 aliphatic heterocycles. The number of rotatable bonds is 2. The van der Waals surface area contributed by atoms with Crippen molar-refractivity contribution in [2.45, 2.75) is 0 Å². The Hall–Kier alpha value is -1.87. The Morgan fingerprint density at radius 3 is 2.47 bits per heavy atom. The second-order valence-corrected chi connectivity index (χ2v) is 3.90. The summed E-state index contributed by atoms with van der Waals surface area (Å²) in [6.07, 6.45) is 0. The maximum Gasteiger partial charge on any atom is 0.150 e. The van der Waals surface area contributed by atoms with Crippen molar-refractivity contribution in [1.82, 2.24) is 0 Å². The van der Waals surface area contributed by atoms with E-state index in [1.54, 1.807) is 6.07 Å². The van der Waals surface area contributed by atoms with E-state index in [4.69, 9.17) is 17.3 Å². The summed E-state index contributed by atoms with van der Waals surface area (Å²) >= 11 is 5.65. The van der Waals surface area contributed by atoms with Crippen molar-refractivity contribution < 1.29 is 4.39 Å². The quantitative estimate of drug-likeness (QED) is 0.641. The molecule has 2 aromatic rings. The summed E-state index contributed by atoms with van der Waals surface area (Å²) in [4.78, 5) is 4.03. The van der Waals surface area contributed by atoms with Crippen LogP contribution in [0.25, 0.3) is 0 Å². The molecular weight excluding hydrogens is 239 g/mol. The standard InChI is InChI=1S/C13H10ClFN2/c14-10-6-7-12(11(15)8-10)17-13(16)9-4-2-1-3-5-9/h1-8H,(H2,16,17). The van der Waals surface area contributed by atoms with Crippen LogP contribution in [0.2, 0.25) is 5.02 Å². The average molecular weight is 249 g/mol. The van der Waals surface area contributed by atoms with Crippen LogP contribution in [-0.4, -0.2) is 5.84 Å². The van der Waals surface area contributed by atoms with Crippen molar-refractivity contribution in [2.24, 2.45) is 10.7 Å². The summed E-state index contributed by atoms with van der Waals surface area (Å²) in [6, 6.07) is 13.5. The Kier molecular flexibility index (Phi) is 3.40. The maximum absolute atomic E-state index is 13.5. The number of hydrogen-bond acceptors (Lipinski definition) is 1. The molecule has 2 aromatic carbocycles. The van der Waals surface area contributed by atoms with E-state index in [0.29, 0.717) is 5.02 Å². The SMILES string of the molecule is NC(=Nc1ccc(Cl)cc1F)c1ccccc1. The smallest absolute Gasteiger partial charge is 0.150 e. The number of hydrogen-bond donors (Lipinski definition) is 1. The summed E-state index contributed by atoms with van der Waals surface area (Å²) < 4.78 is 13.5. The van der Waals surface area contributed by atoms with E-state index in [1.165, 1.54) is 12.1 Å². The fourth-order valence-electron chi connectivity index (χ4n) is 1.38. The molecule has 0 aliphatic carbocycles. The highest BCUT2D eigenvalue weighted by Gasteiger charge is 2.03. The number of aliphatic imine (C=N–C) groups is 1. The second kappa shape index (κ2) is 4.97. The first kappa shape index (κ1) is 11.6. The Balaban J connectivity index is 2.36. The Morgan fingerprint density at radius 2 is 1.82 bits per heavy atom. The van der Waals surface area contributed by atoms with E-state index in [9.17, 15) is 4.39 Å². The van der Waals surface area contributed by atoms with Gasteiger partial charge in [-0.2, -0.15) is 0 Å². The average Bonchev–Trinajstić information content (AvgIpc) is 2.34. The zero-order valence-corrected chi connectivity index (χ0v) is 9.66. The molecule has 2 N–H and O–H groups in total. The molecule has 4 heteroatoms. The van der Waals surface area contributed by atoms with Crippen LogP contribution >= 0.6 is 11.6 Å². The molecule has 0 amide bonds. The number of nitrogens with two attached hydrogens (primary N) is 1. The molecule has 0 unspecified atom stereocenters. The lowest BCUT2D eigenvalue weighted by molar-refractivity contribution is 0.630. The molecule has 0 aliphatic rings. The molecule has 0 fully saturated rings. The molecular formula is C13H10ClFN2. The second-order valence-electron chi connectivity index (χ2n) is 3.46. The fraction of sp³-hybridized carbons (Fsp3) is 0. The highest BCUT2D eigenvalue weighted by Crippen LogP contribution is 2.21. The predicted octanol–water partition coefficient (Wildman–Crippen LogP) is 3.52. The first-order valence-electron chi connectivity index (χ1n) is 5.01. The molecule has 0 atom stereocenters. The van der Waals surface area contributed by atoms with Gasteiger partial charge < -0.3 is 5.73 Å². The van der Waals surface area contributed by atoms with Gasteiger partial charge in [0, 0.05) is 10.6 Å². The normalized spacial score (nSPS) is 11.5. The molecule has 17 heavy (non-hydrogen) atoms. The van der Waals surface area contributed by atoms with Crippen LogP contribution in [0, 0.1) is 5.82 Å². The van der Waals surface area contributed by atoms with Crippen molar-refractivity contribution in [3.63, 3.8) is 0 Å². The van der Waals surface area contributed by atoms with Crippen molar-refractivity contribution in [3.05, 3.63) is 64.9 Å². The van der Waals surface area contributed by atoms with Gasteiger partial charge in [-0.1, -0.05) is 41.9 Å². The van der Waals surface area contributed by atoms with Crippen LogP contribution in [0.3, 0.4) is 0 Å². The first-order valence-corrected chi connectivity index (χ1v) is 5.39. The largest absolute Gasteiger partial charge is 0.383 e. The van der Waals surface area contributed by atoms with Gasteiger partial charge in [0.15, 0.2) is 0 Å². The van der Waals surface area contributed by atoms with Gasteiger partial charge in [-0.05, 0) is 18.2 Å². The summed E-state index contributed by atoms with van der Waals surface area (Å²) in [5, 5.41) is 0.333. The Bertz CT molecular complexity index is 553. The fourth-order valence-corrected chi connectivity index (χ4v) is 1.53. The minimum absolute atomic E-state index is 0.177. The van der Waals surface area contributed by atoms with Gasteiger partial charge in [0.1, 0.15) is 17.3 Å². The van der Waals surface area contributed by atoms with E-state index in [0.717, 1.165) is 5.56 Å². The lowest BCUT2D eigenvalue weighted by Crippen LogP contribution is -2.12. The minimum atomic E-state index is -0.489. The van der Waals surface area contributed by atoms with Crippen LogP contribution in [0.1, 0.15) is 5.56 Å². The van der Waals surface area contributed by atoms with Gasteiger partial charge in [0.05, 0.1) is 0 Å². The van der Waals surface area contributed by atoms with Crippen LogP contribution < -0.4 is 5.73 Å². The topological polar surface area (TPSA) is 38.4 Å². The monoisotopic (exact) mass is 248 g/mol. The highest BCUT2D eigenvalue weighted by atomic mass is 35.5. The van der Waals surface area contributed by atoms with Crippen molar-refractivity contribution in [3.8, 4) is 0 Å². The molecule has 2 nitrogen and oxygen atoms in total. The van der Waals surface area contributed by atoms with E-state index in [1.807, 2.05) is 30.3 Å². The third-order valence-electron chi connectivity index (χ3n) is 2.22. The van der Waals surface area contributed by atoms with Gasteiger partial charge in [0.2, 0.25) is 0 Å². The number of nitrogens with zero attached hydrogens (tertiary/aromatic N) is 1. The summed E-state index contributed by atoms with van der Waals surface area (Å²) in [5.41, 5.74) is 6.71. The Labute approximate surface area is 104 Å². The molecule has 0 heterocycles. The number of benzene rings is 2. The van der Waals surface area contributed by atoms with Gasteiger partial charge in [-0.25, -0.2) is 9.38 Å². The zero-order chi connectivity index (χ0) is 12.3. The highest BCUT2D eigenvalue weighted by molar-refractivity contribution is 6.30. The lowest BCUT2D eigenvalue weighted by atomic mass is 10.2. The van der Waals surface area contributed by atoms with Crippen molar-refractivity contribution in [2.75, 3.05) is 0 Å². The van der Waals surface area contributed by atoms with Crippen LogP contribution in [0.4, 0.5) is 10.1 Å². The lowest BCUT2D eigenvalue weighted by Gasteiger charge is -2.02. The molecule has 0 saturated heterocycles. The van der Waals surface area contributed by atoms with Crippen molar-refractivity contribution in [1.29, 1.82) is 0 Å². The van der Waals surface area contributed by atoms with Gasteiger partial charge in [-0.15, -0.1) is 0 Å². The molecule has 0 aromatic heterocycles. The molecule has 2 rings (SSSR count). The van der Waals surface area contributed by atoms with Crippen LogP contribution in [0.15, 0.2) is 53.5 Å². The number of halogens is 2. The predicted molar refractivity (Wildman–Crippen MR) is 68.2 cm³/mol. The third-order valence-corrected chi connectivity index (χ3v) is 2.46. The summed E-state index contributed by atoms with van der Waals surface area (Å²) in [7, 11) is 0. The first-order chi connectivity index (χ1) is 8.16. The minimum Gasteiger partial charge on any atom is -0.383 e. The van der Waals surface area contributed by atoms with Gasteiger partial charge in [-0.3, -0.25) is 0 Å². The molecule has 86 valence electrons. The molecule has 0 bridgehead atoms. The van der Waals surface area contributed by atoms with E-state index in [-0.39, 0.29) is 11.5 Å². The van der Waals surface area contributed by atoms with Gasteiger partial charge in [0.25, 0.3) is 0 Å². The van der Waals surface area contributed by atoms with E-state index >= 15 is 0 Å². The summed E-state index contributed by atoms with van der Waals surface area (Å²) in [6.45, 7) is 0. The summed E-state index contributed by atoms with van der Waals surface area (Å²) in [5.74, 6) is -0.219.